The quantitative estimate of drug-likeness (QED) is 0.448. The number of nitrogens with zero attached hydrogens (tertiary/aromatic N) is 5. The van der Waals surface area contributed by atoms with Gasteiger partial charge in [0.1, 0.15) is 11.1 Å². The molecular formula is C19H13BrFN5O. The molecule has 0 unspecified atom stereocenters. The van der Waals surface area contributed by atoms with Gasteiger partial charge >= 0.3 is 0 Å². The van der Waals surface area contributed by atoms with Gasteiger partial charge in [-0.3, -0.25) is 4.98 Å². The summed E-state index contributed by atoms with van der Waals surface area (Å²) in [5.74, 6) is 0.344. The predicted octanol–water partition coefficient (Wildman–Crippen LogP) is 4.20. The Balaban J connectivity index is 1.76. The molecule has 1 aromatic carbocycles. The molecule has 3 heterocycles. The van der Waals surface area contributed by atoms with Crippen LogP contribution in [0.1, 0.15) is 5.56 Å². The van der Waals surface area contributed by atoms with E-state index >= 15 is 0 Å². The average Bonchev–Trinajstić information content (AvgIpc) is 3.05. The monoisotopic (exact) mass is 425 g/mol. The van der Waals surface area contributed by atoms with Crippen LogP contribution in [0.3, 0.4) is 0 Å². The third-order valence-corrected chi connectivity index (χ3v) is 4.50. The lowest BCUT2D eigenvalue weighted by molar-refractivity contribution is 0.290. The maximum absolute atomic E-state index is 13.2. The van der Waals surface area contributed by atoms with Gasteiger partial charge in [-0.05, 0) is 33.6 Å². The van der Waals surface area contributed by atoms with Gasteiger partial charge in [-0.2, -0.15) is 4.39 Å². The van der Waals surface area contributed by atoms with Crippen LogP contribution in [0.4, 0.5) is 4.39 Å². The highest BCUT2D eigenvalue weighted by atomic mass is 79.9. The summed E-state index contributed by atoms with van der Waals surface area (Å²) >= 11 is 3.55. The Hall–Kier alpha value is -3.13. The lowest BCUT2D eigenvalue weighted by Gasteiger charge is -2.05. The first-order valence-electron chi connectivity index (χ1n) is 8.06. The zero-order chi connectivity index (χ0) is 18.6. The van der Waals surface area contributed by atoms with E-state index < -0.39 is 5.95 Å². The standard InChI is InChI=1S/C19H13BrFN5O/c20-17-18(14-6-7-15(21)24-10-14)26(16-11-22-8-9-23-16)25-19(17)27-12-13-4-2-1-3-5-13/h1-11H,12H2. The second-order valence-corrected chi connectivity index (χ2v) is 6.38. The van der Waals surface area contributed by atoms with E-state index in [1.54, 1.807) is 29.3 Å². The molecule has 0 bridgehead atoms. The minimum absolute atomic E-state index is 0.359. The van der Waals surface area contributed by atoms with E-state index in [0.29, 0.717) is 34.0 Å². The summed E-state index contributed by atoms with van der Waals surface area (Å²) in [6, 6.07) is 12.7. The molecule has 0 N–H and O–H groups in total. The number of hydrogen-bond acceptors (Lipinski definition) is 5. The van der Waals surface area contributed by atoms with Crippen molar-refractivity contribution < 1.29 is 9.13 Å². The Bertz CT molecular complexity index is 1040. The highest BCUT2D eigenvalue weighted by molar-refractivity contribution is 9.10. The number of benzene rings is 1. The predicted molar refractivity (Wildman–Crippen MR) is 101 cm³/mol. The highest BCUT2D eigenvalue weighted by Crippen LogP contribution is 2.37. The zero-order valence-corrected chi connectivity index (χ0v) is 15.5. The maximum Gasteiger partial charge on any atom is 0.248 e. The van der Waals surface area contributed by atoms with Crippen molar-refractivity contribution in [2.75, 3.05) is 0 Å². The van der Waals surface area contributed by atoms with E-state index in [1.165, 1.54) is 12.3 Å². The molecule has 0 saturated carbocycles. The minimum Gasteiger partial charge on any atom is -0.471 e. The lowest BCUT2D eigenvalue weighted by Crippen LogP contribution is -2.03. The number of hydrogen-bond donors (Lipinski definition) is 0. The summed E-state index contributed by atoms with van der Waals surface area (Å²) < 4.78 is 21.3. The Morgan fingerprint density at radius 3 is 2.56 bits per heavy atom. The van der Waals surface area contributed by atoms with Crippen molar-refractivity contribution in [1.29, 1.82) is 0 Å². The molecule has 27 heavy (non-hydrogen) atoms. The molecule has 134 valence electrons. The molecule has 0 atom stereocenters. The Morgan fingerprint density at radius 1 is 1.00 bits per heavy atom. The number of aromatic nitrogens is 5. The normalized spacial score (nSPS) is 10.7. The van der Waals surface area contributed by atoms with Gasteiger partial charge in [-0.25, -0.2) is 14.6 Å². The van der Waals surface area contributed by atoms with Crippen molar-refractivity contribution in [3.8, 4) is 23.0 Å². The summed E-state index contributed by atoms with van der Waals surface area (Å²) in [7, 11) is 0. The van der Waals surface area contributed by atoms with E-state index in [0.717, 1.165) is 5.56 Å². The molecule has 4 rings (SSSR count). The van der Waals surface area contributed by atoms with Crippen LogP contribution in [0.5, 0.6) is 5.88 Å². The summed E-state index contributed by atoms with van der Waals surface area (Å²) in [5.41, 5.74) is 2.32. The van der Waals surface area contributed by atoms with E-state index in [4.69, 9.17) is 4.74 Å². The highest BCUT2D eigenvalue weighted by Gasteiger charge is 2.21. The van der Waals surface area contributed by atoms with Gasteiger partial charge in [0, 0.05) is 24.2 Å². The van der Waals surface area contributed by atoms with Gasteiger partial charge in [0.15, 0.2) is 5.82 Å². The van der Waals surface area contributed by atoms with Gasteiger partial charge in [-0.1, -0.05) is 30.3 Å². The van der Waals surface area contributed by atoms with Crippen molar-refractivity contribution >= 4 is 15.9 Å². The van der Waals surface area contributed by atoms with E-state index in [2.05, 4.69) is 36.0 Å². The van der Waals surface area contributed by atoms with Crippen LogP contribution in [0.15, 0.2) is 71.7 Å². The average molecular weight is 426 g/mol. The fourth-order valence-electron chi connectivity index (χ4n) is 2.53. The molecule has 0 amide bonds. The molecule has 0 spiro atoms. The SMILES string of the molecule is Fc1ccc(-c2c(Br)c(OCc3ccccc3)nn2-c2cnccn2)cn1. The van der Waals surface area contributed by atoms with Crippen molar-refractivity contribution in [1.82, 2.24) is 24.7 Å². The van der Waals surface area contributed by atoms with Gasteiger partial charge in [0.25, 0.3) is 0 Å². The lowest BCUT2D eigenvalue weighted by atomic mass is 10.2. The van der Waals surface area contributed by atoms with E-state index in [1.807, 2.05) is 30.3 Å². The molecule has 0 aliphatic rings. The Labute approximate surface area is 162 Å². The van der Waals surface area contributed by atoms with Crippen molar-refractivity contribution in [3.63, 3.8) is 0 Å². The minimum atomic E-state index is -0.555. The fraction of sp³-hybridized carbons (Fsp3) is 0.0526. The summed E-state index contributed by atoms with van der Waals surface area (Å²) in [6.45, 7) is 0.359. The smallest absolute Gasteiger partial charge is 0.248 e. The van der Waals surface area contributed by atoms with Crippen LogP contribution >= 0.6 is 15.9 Å². The molecule has 0 radical (unpaired) electrons. The number of ether oxygens (including phenoxy) is 1. The second kappa shape index (κ2) is 7.63. The Kier molecular flexibility index (Phi) is 4.88. The molecule has 0 fully saturated rings. The maximum atomic E-state index is 13.2. The fourth-order valence-corrected chi connectivity index (χ4v) is 3.12. The first-order valence-corrected chi connectivity index (χ1v) is 8.85. The van der Waals surface area contributed by atoms with E-state index in [9.17, 15) is 4.39 Å². The van der Waals surface area contributed by atoms with Crippen LogP contribution in [0.2, 0.25) is 0 Å². The third kappa shape index (κ3) is 3.70. The van der Waals surface area contributed by atoms with E-state index in [-0.39, 0.29) is 0 Å². The molecule has 4 aromatic rings. The molecule has 3 aromatic heterocycles. The van der Waals surface area contributed by atoms with Crippen LogP contribution in [-0.4, -0.2) is 24.7 Å². The topological polar surface area (TPSA) is 65.7 Å². The summed E-state index contributed by atoms with van der Waals surface area (Å²) in [6.07, 6.45) is 6.17. The molecule has 6 nitrogen and oxygen atoms in total. The van der Waals surface area contributed by atoms with Crippen LogP contribution in [-0.2, 0) is 6.61 Å². The largest absolute Gasteiger partial charge is 0.471 e. The molecular weight excluding hydrogens is 413 g/mol. The number of rotatable bonds is 5. The van der Waals surface area contributed by atoms with Crippen molar-refractivity contribution in [2.24, 2.45) is 0 Å². The first-order chi connectivity index (χ1) is 13.2. The first kappa shape index (κ1) is 17.3. The van der Waals surface area contributed by atoms with Gasteiger partial charge < -0.3 is 4.74 Å². The number of halogens is 2. The summed E-state index contributed by atoms with van der Waals surface area (Å²) in [4.78, 5) is 12.1. The molecule has 8 heteroatoms. The van der Waals surface area contributed by atoms with Crippen molar-refractivity contribution in [3.05, 3.63) is 83.2 Å². The molecule has 0 aliphatic carbocycles. The third-order valence-electron chi connectivity index (χ3n) is 3.78. The van der Waals surface area contributed by atoms with Gasteiger partial charge in [-0.15, -0.1) is 5.10 Å². The molecule has 0 aliphatic heterocycles. The van der Waals surface area contributed by atoms with Crippen molar-refractivity contribution in [2.45, 2.75) is 6.61 Å². The Morgan fingerprint density at radius 2 is 1.85 bits per heavy atom. The number of pyridine rings is 1. The molecule has 0 saturated heterocycles. The van der Waals surface area contributed by atoms with Gasteiger partial charge in [0.2, 0.25) is 11.8 Å². The van der Waals surface area contributed by atoms with Crippen LogP contribution in [0, 0.1) is 5.95 Å². The summed E-state index contributed by atoms with van der Waals surface area (Å²) in [5, 5.41) is 4.52. The van der Waals surface area contributed by atoms with Crippen LogP contribution in [0.25, 0.3) is 17.1 Å². The van der Waals surface area contributed by atoms with Crippen LogP contribution < -0.4 is 4.74 Å². The second-order valence-electron chi connectivity index (χ2n) is 5.59. The van der Waals surface area contributed by atoms with Gasteiger partial charge in [0.05, 0.1) is 11.9 Å². The zero-order valence-electron chi connectivity index (χ0n) is 14.0.